The number of rotatable bonds is 5. The lowest BCUT2D eigenvalue weighted by atomic mass is 9.69. The molecule has 1 aliphatic carbocycles. The number of anilines is 1. The number of carbonyl (C=O) groups excluding carboxylic acids is 1. The molecule has 1 aromatic heterocycles. The number of ketones is 1. The predicted molar refractivity (Wildman–Crippen MR) is 124 cm³/mol. The van der Waals surface area contributed by atoms with E-state index in [-0.39, 0.29) is 22.0 Å². The molecular formula is C24H29N3O3S. The first-order chi connectivity index (χ1) is 14.7. The lowest BCUT2D eigenvalue weighted by Gasteiger charge is -2.38. The fraction of sp³-hybridized carbons (Fsp3) is 0.458. The number of benzene rings is 1. The predicted octanol–water partition coefficient (Wildman–Crippen LogP) is 4.87. The highest BCUT2D eigenvalue weighted by molar-refractivity contribution is 7.99. The summed E-state index contributed by atoms with van der Waals surface area (Å²) in [6.07, 6.45) is 1.20. The first-order valence-corrected chi connectivity index (χ1v) is 11.6. The van der Waals surface area contributed by atoms with Crippen molar-refractivity contribution in [3.05, 3.63) is 57.0 Å². The molecule has 0 bridgehead atoms. The van der Waals surface area contributed by atoms with Gasteiger partial charge < -0.3 is 15.0 Å². The van der Waals surface area contributed by atoms with E-state index in [0.29, 0.717) is 35.1 Å². The third-order valence-electron chi connectivity index (χ3n) is 5.57. The van der Waals surface area contributed by atoms with Gasteiger partial charge in [0.05, 0.1) is 12.2 Å². The molecule has 2 aromatic rings. The number of hydrogen-bond acceptors (Lipinski definition) is 6. The van der Waals surface area contributed by atoms with Crippen molar-refractivity contribution in [1.29, 1.82) is 0 Å². The Morgan fingerprint density at radius 3 is 2.55 bits per heavy atom. The van der Waals surface area contributed by atoms with Crippen molar-refractivity contribution in [1.82, 2.24) is 9.97 Å². The minimum atomic E-state index is -0.445. The molecule has 1 unspecified atom stereocenters. The zero-order valence-corrected chi connectivity index (χ0v) is 19.5. The summed E-state index contributed by atoms with van der Waals surface area (Å²) < 4.78 is 5.57. The van der Waals surface area contributed by atoms with Crippen LogP contribution < -0.4 is 15.6 Å². The molecule has 0 amide bonds. The quantitative estimate of drug-likeness (QED) is 0.511. The van der Waals surface area contributed by atoms with Crippen LogP contribution in [0.2, 0.25) is 0 Å². The summed E-state index contributed by atoms with van der Waals surface area (Å²) in [7, 11) is 0. The highest BCUT2D eigenvalue weighted by Crippen LogP contribution is 2.47. The maximum absolute atomic E-state index is 13.3. The number of fused-ring (bicyclic) bond motifs is 1. The van der Waals surface area contributed by atoms with Crippen LogP contribution >= 0.6 is 11.8 Å². The molecule has 164 valence electrons. The Morgan fingerprint density at radius 1 is 1.19 bits per heavy atom. The molecule has 31 heavy (non-hydrogen) atoms. The van der Waals surface area contributed by atoms with Crippen molar-refractivity contribution in [3.63, 3.8) is 0 Å². The molecule has 0 radical (unpaired) electrons. The lowest BCUT2D eigenvalue weighted by molar-refractivity contribution is -0.118. The van der Waals surface area contributed by atoms with Gasteiger partial charge in [-0.15, -0.1) is 0 Å². The minimum absolute atomic E-state index is 0.0864. The van der Waals surface area contributed by atoms with Crippen molar-refractivity contribution in [3.8, 4) is 5.75 Å². The van der Waals surface area contributed by atoms with E-state index in [1.807, 2.05) is 31.2 Å². The maximum Gasteiger partial charge on any atom is 0.257 e. The van der Waals surface area contributed by atoms with Gasteiger partial charge in [-0.25, -0.2) is 4.98 Å². The number of carbonyl (C=O) groups is 1. The zero-order valence-electron chi connectivity index (χ0n) is 18.7. The van der Waals surface area contributed by atoms with Crippen molar-refractivity contribution < 1.29 is 9.53 Å². The van der Waals surface area contributed by atoms with Gasteiger partial charge in [-0.2, -0.15) is 0 Å². The summed E-state index contributed by atoms with van der Waals surface area (Å²) in [4.78, 5) is 34.1. The number of thioether (sulfide) groups is 1. The lowest BCUT2D eigenvalue weighted by Crippen LogP contribution is -2.37. The van der Waals surface area contributed by atoms with E-state index < -0.39 is 5.92 Å². The second-order valence-electron chi connectivity index (χ2n) is 9.19. The summed E-state index contributed by atoms with van der Waals surface area (Å²) >= 11 is 1.51. The monoisotopic (exact) mass is 439 g/mol. The van der Waals surface area contributed by atoms with Gasteiger partial charge in [0.2, 0.25) is 0 Å². The third-order valence-corrected chi connectivity index (χ3v) is 6.46. The molecule has 0 fully saturated rings. The molecule has 1 aliphatic heterocycles. The molecule has 7 heteroatoms. The second kappa shape index (κ2) is 8.19. The molecule has 2 aliphatic rings. The molecule has 2 N–H and O–H groups in total. The fourth-order valence-electron chi connectivity index (χ4n) is 4.43. The van der Waals surface area contributed by atoms with Crippen molar-refractivity contribution in [2.75, 3.05) is 11.9 Å². The van der Waals surface area contributed by atoms with Gasteiger partial charge in [0.1, 0.15) is 11.6 Å². The Hall–Kier alpha value is -2.54. The van der Waals surface area contributed by atoms with Gasteiger partial charge in [0, 0.05) is 28.9 Å². The van der Waals surface area contributed by atoms with E-state index in [2.05, 4.69) is 38.0 Å². The Labute approximate surface area is 186 Å². The molecule has 1 aromatic carbocycles. The van der Waals surface area contributed by atoms with Crippen LogP contribution in [0.15, 0.2) is 45.5 Å². The number of H-pyrrole nitrogens is 1. The van der Waals surface area contributed by atoms with Gasteiger partial charge in [-0.3, -0.25) is 9.59 Å². The standard InChI is InChI=1S/C24H29N3O3S/c1-6-30-15-9-7-14(8-10-15)18-19-16(11-24(4,5)12-17(19)28)25-21-20(18)22(29)27-23(26-21)31-13(2)3/h7-10,13,18H,6,11-12H2,1-5H3,(H2,25,26,27,29). The summed E-state index contributed by atoms with van der Waals surface area (Å²) in [6, 6.07) is 7.67. The van der Waals surface area contributed by atoms with E-state index in [1.54, 1.807) is 0 Å². The summed E-state index contributed by atoms with van der Waals surface area (Å²) in [5.41, 5.74) is 2.62. The molecule has 6 nitrogen and oxygen atoms in total. The van der Waals surface area contributed by atoms with Gasteiger partial charge in [0.15, 0.2) is 10.9 Å². The molecule has 0 saturated heterocycles. The van der Waals surface area contributed by atoms with Gasteiger partial charge in [0.25, 0.3) is 5.56 Å². The van der Waals surface area contributed by atoms with E-state index in [9.17, 15) is 9.59 Å². The summed E-state index contributed by atoms with van der Waals surface area (Å²) in [6.45, 7) is 10.8. The Balaban J connectivity index is 1.88. The number of ether oxygens (including phenoxy) is 1. The Bertz CT molecular complexity index is 1100. The van der Waals surface area contributed by atoms with Gasteiger partial charge in [-0.1, -0.05) is 51.6 Å². The second-order valence-corrected chi connectivity index (χ2v) is 10.8. The minimum Gasteiger partial charge on any atom is -0.494 e. The molecule has 1 atom stereocenters. The fourth-order valence-corrected chi connectivity index (χ4v) is 5.17. The SMILES string of the molecule is CCOc1ccc(C2C3=C(CC(C)(C)CC3=O)Nc3nc(SC(C)C)[nH]c(=O)c32)cc1. The average Bonchev–Trinajstić information content (AvgIpc) is 2.65. The Morgan fingerprint density at radius 2 is 1.90 bits per heavy atom. The van der Waals surface area contributed by atoms with Crippen LogP contribution in [0, 0.1) is 5.41 Å². The van der Waals surface area contributed by atoms with Crippen LogP contribution in [-0.4, -0.2) is 27.6 Å². The summed E-state index contributed by atoms with van der Waals surface area (Å²) in [5.74, 6) is 0.958. The topological polar surface area (TPSA) is 84.1 Å². The van der Waals surface area contributed by atoms with E-state index in [1.165, 1.54) is 11.8 Å². The van der Waals surface area contributed by atoms with E-state index in [0.717, 1.165) is 23.4 Å². The zero-order chi connectivity index (χ0) is 22.3. The number of aromatic nitrogens is 2. The number of nitrogens with zero attached hydrogens (tertiary/aromatic N) is 1. The first-order valence-electron chi connectivity index (χ1n) is 10.8. The Kier molecular flexibility index (Phi) is 5.73. The molecule has 4 rings (SSSR count). The molecular weight excluding hydrogens is 410 g/mol. The van der Waals surface area contributed by atoms with Crippen LogP contribution in [0.5, 0.6) is 5.75 Å². The number of hydrogen-bond donors (Lipinski definition) is 2. The smallest absolute Gasteiger partial charge is 0.257 e. The number of Topliss-reactive ketones (excluding diaryl/α,β-unsaturated/α-hetero) is 1. The van der Waals surface area contributed by atoms with E-state index in [4.69, 9.17) is 9.72 Å². The van der Waals surface area contributed by atoms with Crippen molar-refractivity contribution in [2.45, 2.75) is 63.8 Å². The number of aromatic amines is 1. The maximum atomic E-state index is 13.3. The van der Waals surface area contributed by atoms with Crippen molar-refractivity contribution >= 4 is 23.4 Å². The number of nitrogens with one attached hydrogen (secondary N) is 2. The van der Waals surface area contributed by atoms with Crippen LogP contribution in [0.1, 0.15) is 64.5 Å². The van der Waals surface area contributed by atoms with Gasteiger partial charge >= 0.3 is 0 Å². The van der Waals surface area contributed by atoms with Crippen LogP contribution in [0.4, 0.5) is 5.82 Å². The van der Waals surface area contributed by atoms with Crippen LogP contribution in [0.25, 0.3) is 0 Å². The largest absolute Gasteiger partial charge is 0.494 e. The molecule has 0 spiro atoms. The van der Waals surface area contributed by atoms with Crippen LogP contribution in [-0.2, 0) is 4.79 Å². The number of allylic oxidation sites excluding steroid dienone is 2. The van der Waals surface area contributed by atoms with E-state index >= 15 is 0 Å². The molecule has 0 saturated carbocycles. The molecule has 2 heterocycles. The normalized spacial score (nSPS) is 19.7. The highest BCUT2D eigenvalue weighted by Gasteiger charge is 2.42. The van der Waals surface area contributed by atoms with Crippen molar-refractivity contribution in [2.24, 2.45) is 5.41 Å². The summed E-state index contributed by atoms with van der Waals surface area (Å²) in [5, 5.41) is 4.23. The third kappa shape index (κ3) is 4.28. The first kappa shape index (κ1) is 21.7. The van der Waals surface area contributed by atoms with Crippen LogP contribution in [0.3, 0.4) is 0 Å². The highest BCUT2D eigenvalue weighted by atomic mass is 32.2. The average molecular weight is 440 g/mol. The van der Waals surface area contributed by atoms with Gasteiger partial charge in [-0.05, 0) is 36.5 Å².